The maximum absolute atomic E-state index is 11.8. The van der Waals surface area contributed by atoms with E-state index in [0.717, 1.165) is 80.7 Å². The van der Waals surface area contributed by atoms with Crippen molar-refractivity contribution >= 4 is 5.91 Å². The average molecular weight is 961 g/mol. The predicted molar refractivity (Wildman–Crippen MR) is 312 cm³/mol. The summed E-state index contributed by atoms with van der Waals surface area (Å²) < 4.78 is 0. The van der Waals surface area contributed by atoms with Crippen molar-refractivity contribution in [3.8, 4) is 6.07 Å². The molecular weight excluding hydrogens is 831 g/mol. The second kappa shape index (κ2) is 50.0. The van der Waals surface area contributed by atoms with Crippen LogP contribution >= 0.6 is 0 Å². The lowest BCUT2D eigenvalue weighted by Crippen LogP contribution is -2.45. The lowest BCUT2D eigenvalue weighted by molar-refractivity contribution is -0.133. The average Bonchev–Trinajstić information content (AvgIpc) is 4.05. The Morgan fingerprint density at radius 2 is 0.971 bits per heavy atom. The van der Waals surface area contributed by atoms with E-state index in [4.69, 9.17) is 5.26 Å². The molecule has 0 spiro atoms. The number of hydrogen-bond donors (Lipinski definition) is 0. The number of carbonyl (C=O) groups excluding carboxylic acids is 1. The molecule has 408 valence electrons. The smallest absolute Gasteiger partial charge is 0.222 e. The quantitative estimate of drug-likeness (QED) is 0.197. The van der Waals surface area contributed by atoms with Gasteiger partial charge in [0.05, 0.1) is 11.5 Å². The third kappa shape index (κ3) is 56.6. The van der Waals surface area contributed by atoms with Crippen molar-refractivity contribution < 1.29 is 4.79 Å². The van der Waals surface area contributed by atoms with Gasteiger partial charge in [0.1, 0.15) is 0 Å². The first-order chi connectivity index (χ1) is 31.2. The minimum Gasteiger partial charge on any atom is -0.343 e. The molecule has 0 N–H and O–H groups in total. The number of piperidine rings is 1. The van der Waals surface area contributed by atoms with E-state index in [2.05, 4.69) is 204 Å². The normalized spacial score (nSPS) is 15.3. The predicted octanol–water partition coefficient (Wildman–Crippen LogP) is 17.6. The maximum Gasteiger partial charge on any atom is 0.222 e. The topological polar surface area (TPSA) is 53.8 Å². The summed E-state index contributed by atoms with van der Waals surface area (Å²) in [5, 5.41) is 8.66. The van der Waals surface area contributed by atoms with Crippen LogP contribution in [-0.4, -0.2) is 98.5 Å². The number of benzene rings is 1. The van der Waals surface area contributed by atoms with Gasteiger partial charge in [0.15, 0.2) is 0 Å². The monoisotopic (exact) mass is 960 g/mol. The molecule has 0 aromatic heterocycles. The van der Waals surface area contributed by atoms with Crippen molar-refractivity contribution in [2.75, 3.05) is 67.0 Å². The molecule has 2 heterocycles. The van der Waals surface area contributed by atoms with Crippen LogP contribution in [0.2, 0.25) is 0 Å². The van der Waals surface area contributed by atoms with Gasteiger partial charge in [-0.05, 0) is 119 Å². The molecule has 1 saturated carbocycles. The fourth-order valence-corrected chi connectivity index (χ4v) is 6.01. The summed E-state index contributed by atoms with van der Waals surface area (Å²) in [6.07, 6.45) is 12.7. The SMILES string of the molecule is C.CC.CC(C)CC(=O)N(C)C1CCN(C)CC1.CC(C)CC1(C#N)CC1.CC(C)CN1CCN(C)CC1.CC(C)Cc1ccccc1.CCC(C)C.CCC(C)C.CCC(C)C.CCC(C)C. The van der Waals surface area contributed by atoms with Crippen LogP contribution in [0.4, 0.5) is 0 Å². The van der Waals surface area contributed by atoms with Crippen molar-refractivity contribution in [1.82, 2.24) is 19.6 Å². The Labute approximate surface area is 431 Å². The van der Waals surface area contributed by atoms with E-state index < -0.39 is 0 Å². The van der Waals surface area contributed by atoms with Gasteiger partial charge in [-0.3, -0.25) is 4.79 Å². The van der Waals surface area contributed by atoms with Gasteiger partial charge in [0.2, 0.25) is 5.91 Å². The van der Waals surface area contributed by atoms with Crippen molar-refractivity contribution in [1.29, 1.82) is 5.26 Å². The zero-order chi connectivity index (χ0) is 53.1. The van der Waals surface area contributed by atoms with Gasteiger partial charge in [-0.15, -0.1) is 0 Å². The molecule has 0 unspecified atom stereocenters. The van der Waals surface area contributed by atoms with E-state index in [9.17, 15) is 4.79 Å². The molecule has 0 atom stereocenters. The van der Waals surface area contributed by atoms with Gasteiger partial charge >= 0.3 is 0 Å². The van der Waals surface area contributed by atoms with Crippen LogP contribution in [0.5, 0.6) is 0 Å². The highest BCUT2D eigenvalue weighted by atomic mass is 16.2. The summed E-state index contributed by atoms with van der Waals surface area (Å²) in [6, 6.07) is 13.5. The number of likely N-dealkylation sites (N-methyl/N-ethyl adjacent to an activating group) is 1. The highest BCUT2D eigenvalue weighted by Crippen LogP contribution is 2.49. The first-order valence-electron chi connectivity index (χ1n) is 28.0. The van der Waals surface area contributed by atoms with Crippen molar-refractivity contribution in [3.63, 3.8) is 0 Å². The number of piperazine rings is 1. The van der Waals surface area contributed by atoms with E-state index in [-0.39, 0.29) is 12.8 Å². The molecule has 6 nitrogen and oxygen atoms in total. The number of carbonyl (C=O) groups is 1. The van der Waals surface area contributed by atoms with E-state index >= 15 is 0 Å². The van der Waals surface area contributed by atoms with Crippen molar-refractivity contribution in [2.45, 2.75) is 236 Å². The minimum atomic E-state index is 0. The van der Waals surface area contributed by atoms with E-state index in [1.54, 1.807) is 0 Å². The standard InChI is InChI=1S/C12H24N2O.C10H14.C9H20N2.C8H13N.4C5H12.C2H6.CH4/c1-10(2)9-12(15)14(4)11-5-7-13(3)8-6-11;1-9(2)8-10-6-4-3-5-7-10;1-9(2)8-11-6-4-10(3)5-7-11;1-7(2)5-8(6-9)3-4-8;4*1-4-5(2)3;1-2;/h10-11H,5-9H2,1-4H3;3-7,9H,8H2,1-2H3;9H,4-8H2,1-3H3;7H,3-5H2,1-2H3;4*5H,4H2,1-3H3;1-2H3;1H4. The first-order valence-corrected chi connectivity index (χ1v) is 28.0. The Balaban J connectivity index is -0.000000166. The van der Waals surface area contributed by atoms with E-state index in [1.807, 2.05) is 25.8 Å². The first kappa shape index (κ1) is 77.5. The lowest BCUT2D eigenvalue weighted by Gasteiger charge is -2.35. The molecule has 1 amide bonds. The molecule has 2 aliphatic heterocycles. The van der Waals surface area contributed by atoms with E-state index in [0.29, 0.717) is 30.2 Å². The summed E-state index contributed by atoms with van der Waals surface area (Å²) in [6.45, 7) is 56.7. The number of rotatable bonds is 13. The van der Waals surface area contributed by atoms with Gasteiger partial charge in [-0.25, -0.2) is 0 Å². The number of hydrogen-bond acceptors (Lipinski definition) is 5. The molecule has 1 aromatic carbocycles. The molecular formula is C62H129N5O. The Morgan fingerprint density at radius 1 is 0.603 bits per heavy atom. The van der Waals surface area contributed by atoms with Crippen LogP contribution in [0.25, 0.3) is 0 Å². The van der Waals surface area contributed by atoms with Gasteiger partial charge in [0.25, 0.3) is 0 Å². The Hall–Kier alpha value is -1.94. The number of nitrogens with zero attached hydrogens (tertiary/aromatic N) is 5. The number of likely N-dealkylation sites (tertiary alicyclic amines) is 1. The Bertz CT molecular complexity index is 1150. The number of nitriles is 1. The molecule has 2 saturated heterocycles. The van der Waals surface area contributed by atoms with Crippen LogP contribution < -0.4 is 0 Å². The summed E-state index contributed by atoms with van der Waals surface area (Å²) in [5.41, 5.74) is 1.56. The molecule has 0 bridgehead atoms. The maximum atomic E-state index is 11.8. The molecule has 68 heavy (non-hydrogen) atoms. The fraction of sp³-hybridized carbons (Fsp3) is 0.871. The third-order valence-electron chi connectivity index (χ3n) is 12.1. The van der Waals surface area contributed by atoms with Gasteiger partial charge < -0.3 is 19.6 Å². The molecule has 3 aliphatic rings. The summed E-state index contributed by atoms with van der Waals surface area (Å²) in [5.74, 6) is 6.58. The molecule has 1 aromatic rings. The second-order valence-electron chi connectivity index (χ2n) is 22.9. The third-order valence-corrected chi connectivity index (χ3v) is 12.1. The zero-order valence-electron chi connectivity index (χ0n) is 50.5. The zero-order valence-corrected chi connectivity index (χ0v) is 50.5. The molecule has 1 aliphatic carbocycles. The van der Waals surface area contributed by atoms with Crippen LogP contribution in [0, 0.1) is 64.1 Å². The summed E-state index contributed by atoms with van der Waals surface area (Å²) >= 11 is 0. The van der Waals surface area contributed by atoms with Gasteiger partial charge in [-0.2, -0.15) is 5.26 Å². The lowest BCUT2D eigenvalue weighted by atomic mass is 9.96. The van der Waals surface area contributed by atoms with Crippen LogP contribution in [-0.2, 0) is 11.2 Å². The highest BCUT2D eigenvalue weighted by Gasteiger charge is 2.43. The second-order valence-corrected chi connectivity index (χ2v) is 22.9. The summed E-state index contributed by atoms with van der Waals surface area (Å²) in [7, 11) is 6.31. The van der Waals surface area contributed by atoms with E-state index in [1.165, 1.54) is 70.4 Å². The van der Waals surface area contributed by atoms with Crippen LogP contribution in [0.15, 0.2) is 30.3 Å². The fourth-order valence-electron chi connectivity index (χ4n) is 6.01. The number of amides is 1. The largest absolute Gasteiger partial charge is 0.343 e. The van der Waals surface area contributed by atoms with Gasteiger partial charge in [-0.1, -0.05) is 216 Å². The van der Waals surface area contributed by atoms with Crippen LogP contribution in [0.1, 0.15) is 230 Å². The molecule has 6 heteroatoms. The highest BCUT2D eigenvalue weighted by molar-refractivity contribution is 5.76. The molecule has 3 fully saturated rings. The minimum absolute atomic E-state index is 0. The Morgan fingerprint density at radius 3 is 1.24 bits per heavy atom. The van der Waals surface area contributed by atoms with Crippen LogP contribution in [0.3, 0.4) is 0 Å². The molecule has 0 radical (unpaired) electrons. The Kier molecular flexibility index (Phi) is 57.0. The molecule has 4 rings (SSSR count). The van der Waals surface area contributed by atoms with Crippen molar-refractivity contribution in [3.05, 3.63) is 35.9 Å². The summed E-state index contributed by atoms with van der Waals surface area (Å²) in [4.78, 5) is 21.1. The van der Waals surface area contributed by atoms with Crippen molar-refractivity contribution in [2.24, 2.45) is 52.8 Å². The van der Waals surface area contributed by atoms with Gasteiger partial charge in [0, 0.05) is 52.2 Å².